The van der Waals surface area contributed by atoms with Crippen molar-refractivity contribution in [1.82, 2.24) is 24.7 Å². The summed E-state index contributed by atoms with van der Waals surface area (Å²) in [6.07, 6.45) is 3.54. The molecule has 3 rings (SSSR count). The van der Waals surface area contributed by atoms with E-state index in [2.05, 4.69) is 45.8 Å². The van der Waals surface area contributed by atoms with Crippen LogP contribution in [0.4, 0.5) is 0 Å². The number of rotatable bonds is 1. The molecular weight excluding hydrogens is 753 g/mol. The summed E-state index contributed by atoms with van der Waals surface area (Å²) in [4.78, 5) is 33.6. The Hall–Kier alpha value is -1.82. The van der Waals surface area contributed by atoms with E-state index < -0.39 is 32.4 Å². The number of carbonyl (C=O) groups is 2. The first kappa shape index (κ1) is 56.5. The molecule has 2 aromatic rings. The van der Waals surface area contributed by atoms with Gasteiger partial charge in [0.1, 0.15) is 0 Å². The number of likely N-dealkylation sites (N-methyl/N-ethyl adjacent to an activating group) is 3. The van der Waals surface area contributed by atoms with E-state index in [0.29, 0.717) is 0 Å². The third-order valence-corrected chi connectivity index (χ3v) is 4.18. The summed E-state index contributed by atoms with van der Waals surface area (Å²) in [7, 11) is -3.28. The molecule has 1 saturated heterocycles. The van der Waals surface area contributed by atoms with Gasteiger partial charge in [-0.25, -0.2) is 37.3 Å². The Kier molecular flexibility index (Phi) is 42.4. The van der Waals surface area contributed by atoms with Gasteiger partial charge in [0.25, 0.3) is 11.9 Å². The van der Waals surface area contributed by atoms with Crippen molar-refractivity contribution in [1.29, 1.82) is 0 Å². The first-order valence-electron chi connectivity index (χ1n) is 11.8. The number of hydrogen-bond donors (Lipinski definition) is 2. The summed E-state index contributed by atoms with van der Waals surface area (Å²) in [6, 6.07) is 11.6. The second-order valence-corrected chi connectivity index (χ2v) is 9.65. The average Bonchev–Trinajstić information content (AvgIpc) is 2.96. The summed E-state index contributed by atoms with van der Waals surface area (Å²) in [5.74, 6) is -1.67. The fraction of sp³-hybridized carbons (Fsp3) is 0.478. The third kappa shape index (κ3) is 65.0. The van der Waals surface area contributed by atoms with Crippen molar-refractivity contribution in [2.75, 3.05) is 60.4 Å². The van der Waals surface area contributed by atoms with Gasteiger partial charge in [-0.15, -0.1) is 20.5 Å². The van der Waals surface area contributed by atoms with E-state index in [1.807, 2.05) is 52.3 Å². The van der Waals surface area contributed by atoms with E-state index >= 15 is 0 Å². The Bertz CT molecular complexity index is 852. The predicted molar refractivity (Wildman–Crippen MR) is 131 cm³/mol. The molecule has 0 aliphatic carbocycles. The summed E-state index contributed by atoms with van der Waals surface area (Å²) in [5, 5.41) is 14.8. The maximum atomic E-state index is 9.00. The summed E-state index contributed by atoms with van der Waals surface area (Å²) < 4.78 is 75.9. The molecule has 0 unspecified atom stereocenters. The van der Waals surface area contributed by atoms with E-state index in [1.54, 1.807) is 12.4 Å². The third-order valence-electron chi connectivity index (χ3n) is 4.18. The zero-order valence-electron chi connectivity index (χ0n) is 25.4. The molecule has 0 spiro atoms. The fourth-order valence-corrected chi connectivity index (χ4v) is 2.39. The number of carboxylic acids is 2. The van der Waals surface area contributed by atoms with E-state index in [1.165, 1.54) is 39.3 Å². The van der Waals surface area contributed by atoms with Crippen molar-refractivity contribution in [3.8, 4) is 11.4 Å². The van der Waals surface area contributed by atoms with Crippen LogP contribution in [0.5, 0.6) is 0 Å². The summed E-state index contributed by atoms with van der Waals surface area (Å²) >= 11 is 2.00. The smallest absolute Gasteiger partial charge is 0.0886 e. The summed E-state index contributed by atoms with van der Waals surface area (Å²) in [6.45, 7) is 9.36. The van der Waals surface area contributed by atoms with Crippen LogP contribution in [-0.4, -0.2) is 113 Å². The van der Waals surface area contributed by atoms with E-state index in [-0.39, 0.29) is 22.5 Å². The van der Waals surface area contributed by atoms with Gasteiger partial charge in [0, 0.05) is 65.5 Å². The molecule has 0 radical (unpaired) electrons. The molecule has 19 nitrogen and oxygen atoms in total. The maximum absolute atomic E-state index is 9.00. The Balaban J connectivity index is -0.000000110. The van der Waals surface area contributed by atoms with E-state index in [9.17, 15) is 0 Å². The van der Waals surface area contributed by atoms with Crippen LogP contribution in [-0.2, 0) is 46.4 Å². The van der Waals surface area contributed by atoms with Gasteiger partial charge in [-0.3, -0.25) is 19.6 Å². The van der Waals surface area contributed by atoms with Crippen LogP contribution >= 0.6 is 0 Å². The molecule has 23 heteroatoms. The van der Waals surface area contributed by atoms with Gasteiger partial charge in [0.05, 0.1) is 11.4 Å². The standard InChI is InChI=1S/C10H8N2.C9H21N3.2C2H4O2.2ClHO4.2Fe.H2O.O/c1-3-7-11-9(5-1)10-6-2-4-8-12-10;1-10-4-6-11(2)8-9-12(3)7-5-10;2*1-2(3)4;2*2-1(3,4)5;;;;/h1-8H;4-9H2,1-3H3;2*1H3,(H,3,4);2*(H,2,3,4,5);;;1H2;/q;;;;;;;+2;;/p-2. The Labute approximate surface area is 290 Å². The van der Waals surface area contributed by atoms with Crippen molar-refractivity contribution in [3.63, 3.8) is 0 Å². The minimum Gasteiger partial charge on any atom is -0.255 e. The molecule has 0 aromatic carbocycles. The molecule has 1 fully saturated rings. The van der Waals surface area contributed by atoms with Crippen LogP contribution in [0.2, 0.25) is 0 Å². The molecule has 1 aliphatic rings. The molecule has 0 atom stereocenters. The van der Waals surface area contributed by atoms with Gasteiger partial charge in [0.2, 0.25) is 0 Å². The van der Waals surface area contributed by atoms with Gasteiger partial charge in [0.15, 0.2) is 0 Å². The zero-order chi connectivity index (χ0) is 35.4. The molecule has 0 saturated carbocycles. The van der Waals surface area contributed by atoms with Gasteiger partial charge in [-0.1, -0.05) is 12.1 Å². The average molecular weight is 792 g/mol. The molecule has 3 heterocycles. The van der Waals surface area contributed by atoms with Crippen LogP contribution in [0.25, 0.3) is 11.4 Å². The number of hydrogen-bond acceptors (Lipinski definition) is 16. The molecule has 270 valence electrons. The topological polar surface area (TPSA) is 343 Å². The minimum atomic E-state index is -4.94. The maximum Gasteiger partial charge on any atom is 0.0886 e. The number of pyridine rings is 2. The molecular formula is C23H39Cl2Fe2N5O14. The van der Waals surface area contributed by atoms with Gasteiger partial charge >= 0.3 is 36.8 Å². The van der Waals surface area contributed by atoms with E-state index in [0.717, 1.165) is 25.2 Å². The Morgan fingerprint density at radius 2 is 0.804 bits per heavy atom. The SMILES string of the molecule is CC(=O)O.CC(=O)O.CN1CCN(C)CCN(C)CC1.O.[Fe+2].[O-][Cl+3]([O-])([O-])[O-].[O-][Cl+3]([O-])([O-])[O-].[O]=[Fe].c1ccc(-c2ccccn2)nc1. The molecule has 2 aromatic heterocycles. The van der Waals surface area contributed by atoms with Crippen molar-refractivity contribution in [2.45, 2.75) is 13.8 Å². The van der Waals surface area contributed by atoms with Gasteiger partial charge < -0.3 is 30.4 Å². The normalized spacial score (nSPS) is 13.2. The number of carboxylic acid groups (broad SMARTS) is 2. The number of halogens is 2. The van der Waals surface area contributed by atoms with Crippen LogP contribution in [0.1, 0.15) is 13.8 Å². The largest absolute Gasteiger partial charge is 0.255 e. The first-order valence-corrected chi connectivity index (χ1v) is 14.7. The van der Waals surface area contributed by atoms with Crippen molar-refractivity contribution in [2.24, 2.45) is 0 Å². The monoisotopic (exact) mass is 791 g/mol. The van der Waals surface area contributed by atoms with Crippen molar-refractivity contribution in [3.05, 3.63) is 48.8 Å². The van der Waals surface area contributed by atoms with Crippen molar-refractivity contribution < 1.29 is 120 Å². The van der Waals surface area contributed by atoms with Crippen LogP contribution < -0.4 is 37.3 Å². The van der Waals surface area contributed by atoms with E-state index in [4.69, 9.17) is 60.9 Å². The second kappa shape index (κ2) is 34.5. The van der Waals surface area contributed by atoms with Crippen LogP contribution in [0, 0.1) is 20.5 Å². The zero-order valence-corrected chi connectivity index (χ0v) is 29.2. The molecule has 0 bridgehead atoms. The summed E-state index contributed by atoms with van der Waals surface area (Å²) in [5.41, 5.74) is 1.83. The minimum absolute atomic E-state index is 0. The fourth-order valence-electron chi connectivity index (χ4n) is 2.39. The number of aromatic nitrogens is 2. The van der Waals surface area contributed by atoms with Gasteiger partial charge in [-0.2, -0.15) is 0 Å². The second-order valence-electron chi connectivity index (χ2n) is 8.13. The van der Waals surface area contributed by atoms with Crippen LogP contribution in [0.3, 0.4) is 0 Å². The van der Waals surface area contributed by atoms with Crippen molar-refractivity contribution >= 4 is 11.9 Å². The van der Waals surface area contributed by atoms with Gasteiger partial charge in [-0.05, 0) is 45.4 Å². The molecule has 46 heavy (non-hydrogen) atoms. The molecule has 4 N–H and O–H groups in total. The molecule has 1 aliphatic heterocycles. The Morgan fingerprint density at radius 1 is 0.630 bits per heavy atom. The number of nitrogens with zero attached hydrogens (tertiary/aromatic N) is 5. The number of aliphatic carboxylic acids is 2. The predicted octanol–water partition coefficient (Wildman–Crippen LogP) is -8.34. The first-order chi connectivity index (χ1) is 20.1. The van der Waals surface area contributed by atoms with Crippen LogP contribution in [0.15, 0.2) is 48.8 Å². The Morgan fingerprint density at radius 3 is 0.935 bits per heavy atom. The quantitative estimate of drug-likeness (QED) is 0.253. The molecule has 0 amide bonds.